The van der Waals surface area contributed by atoms with E-state index in [2.05, 4.69) is 25.9 Å². The number of nitrogens with one attached hydrogen (secondary N) is 3. The highest BCUT2D eigenvalue weighted by Gasteiger charge is 2.22. The molecule has 1 fully saturated rings. The van der Waals surface area contributed by atoms with Gasteiger partial charge in [-0.3, -0.25) is 9.78 Å². The Balaban J connectivity index is 1.46. The molecule has 2 heterocycles. The first-order chi connectivity index (χ1) is 15.5. The molecule has 1 saturated heterocycles. The second kappa shape index (κ2) is 9.65. The molecular formula is C24H27N5O3. The molecule has 3 aromatic rings. The van der Waals surface area contributed by atoms with E-state index >= 15 is 0 Å². The van der Waals surface area contributed by atoms with Crippen molar-refractivity contribution in [2.75, 3.05) is 24.3 Å². The van der Waals surface area contributed by atoms with E-state index in [9.17, 15) is 9.90 Å². The van der Waals surface area contributed by atoms with Crippen molar-refractivity contribution in [1.29, 1.82) is 0 Å². The van der Waals surface area contributed by atoms with Gasteiger partial charge < -0.3 is 25.8 Å². The molecule has 0 radical (unpaired) electrons. The molecule has 1 aliphatic heterocycles. The van der Waals surface area contributed by atoms with Crippen LogP contribution in [0.1, 0.15) is 31.4 Å². The second-order valence-corrected chi connectivity index (χ2v) is 7.81. The van der Waals surface area contributed by atoms with Crippen molar-refractivity contribution >= 4 is 17.4 Å². The van der Waals surface area contributed by atoms with Crippen LogP contribution in [-0.2, 0) is 4.79 Å². The predicted octanol–water partition coefficient (Wildman–Crippen LogP) is 3.72. The minimum Gasteiger partial charge on any atom is -0.504 e. The van der Waals surface area contributed by atoms with Crippen molar-refractivity contribution in [3.63, 3.8) is 0 Å². The number of amides is 1. The summed E-state index contributed by atoms with van der Waals surface area (Å²) in [5.74, 6) is 1.07. The molecule has 166 valence electrons. The summed E-state index contributed by atoms with van der Waals surface area (Å²) in [4.78, 5) is 21.3. The van der Waals surface area contributed by atoms with Crippen molar-refractivity contribution in [1.82, 2.24) is 15.3 Å². The predicted molar refractivity (Wildman–Crippen MR) is 124 cm³/mol. The summed E-state index contributed by atoms with van der Waals surface area (Å²) >= 11 is 0. The van der Waals surface area contributed by atoms with E-state index in [0.717, 1.165) is 36.2 Å². The van der Waals surface area contributed by atoms with Crippen LogP contribution in [0.15, 0.2) is 54.9 Å². The number of nitrogens with zero attached hydrogens (tertiary/aromatic N) is 2. The van der Waals surface area contributed by atoms with Gasteiger partial charge in [-0.2, -0.15) is 0 Å². The third-order valence-corrected chi connectivity index (χ3v) is 5.51. The Hall–Kier alpha value is -3.65. The fourth-order valence-electron chi connectivity index (χ4n) is 3.74. The average molecular weight is 434 g/mol. The number of benzene rings is 2. The molecule has 1 amide bonds. The number of methoxy groups -OCH3 is 1. The summed E-state index contributed by atoms with van der Waals surface area (Å²) in [6.45, 7) is 2.91. The van der Waals surface area contributed by atoms with Gasteiger partial charge in [-0.1, -0.05) is 12.1 Å². The van der Waals surface area contributed by atoms with Gasteiger partial charge in [-0.25, -0.2) is 4.98 Å². The van der Waals surface area contributed by atoms with Crippen LogP contribution >= 0.6 is 0 Å². The number of hydrogen-bond donors (Lipinski definition) is 4. The second-order valence-electron chi connectivity index (χ2n) is 7.81. The van der Waals surface area contributed by atoms with Crippen molar-refractivity contribution < 1.29 is 14.6 Å². The molecule has 1 aliphatic rings. The molecule has 4 N–H and O–H groups in total. The summed E-state index contributed by atoms with van der Waals surface area (Å²) in [7, 11) is 1.50. The molecule has 8 heteroatoms. The standard InChI is InChI=1S/C24H27N5O3/c1-15(16-5-3-6-18(11-16)28-24(31)19-7-4-10-26-19)27-23-14-25-13-20(29-23)17-8-9-21(30)22(12-17)32-2/h3,5-6,8-9,11-15,19,26,30H,4,7,10H2,1-2H3,(H,27,29)(H,28,31). The van der Waals surface area contributed by atoms with Crippen molar-refractivity contribution in [3.8, 4) is 22.8 Å². The third-order valence-electron chi connectivity index (χ3n) is 5.51. The van der Waals surface area contributed by atoms with Gasteiger partial charge in [-0.15, -0.1) is 0 Å². The number of phenols is 1. The summed E-state index contributed by atoms with van der Waals surface area (Å²) in [5, 5.41) is 19.4. The highest BCUT2D eigenvalue weighted by Crippen LogP contribution is 2.31. The van der Waals surface area contributed by atoms with Crippen molar-refractivity contribution in [3.05, 3.63) is 60.4 Å². The lowest BCUT2D eigenvalue weighted by atomic mass is 10.1. The topological polar surface area (TPSA) is 108 Å². The zero-order chi connectivity index (χ0) is 22.5. The number of rotatable bonds is 7. The molecule has 2 atom stereocenters. The van der Waals surface area contributed by atoms with E-state index in [1.165, 1.54) is 7.11 Å². The number of aromatic nitrogens is 2. The molecule has 2 aromatic carbocycles. The molecular weight excluding hydrogens is 406 g/mol. The Morgan fingerprint density at radius 3 is 2.91 bits per heavy atom. The zero-order valence-electron chi connectivity index (χ0n) is 18.1. The van der Waals surface area contributed by atoms with E-state index < -0.39 is 0 Å². The van der Waals surface area contributed by atoms with Crippen LogP contribution in [0.3, 0.4) is 0 Å². The SMILES string of the molecule is COc1cc(-c2cncc(NC(C)c3cccc(NC(=O)C4CCCN4)c3)n2)ccc1O. The molecule has 32 heavy (non-hydrogen) atoms. The summed E-state index contributed by atoms with van der Waals surface area (Å²) in [6.07, 6.45) is 5.21. The maximum absolute atomic E-state index is 12.4. The van der Waals surface area contributed by atoms with Gasteiger partial charge >= 0.3 is 0 Å². The van der Waals surface area contributed by atoms with Gasteiger partial charge in [0.05, 0.1) is 37.3 Å². The number of phenolic OH excluding ortho intramolecular Hbond substituents is 1. The van der Waals surface area contributed by atoms with E-state index in [1.807, 2.05) is 31.2 Å². The van der Waals surface area contributed by atoms with Crippen LogP contribution in [0.5, 0.6) is 11.5 Å². The van der Waals surface area contributed by atoms with Gasteiger partial charge in [0.1, 0.15) is 5.82 Å². The Bertz CT molecular complexity index is 1100. The van der Waals surface area contributed by atoms with E-state index in [4.69, 9.17) is 4.74 Å². The van der Waals surface area contributed by atoms with Crippen LogP contribution in [0, 0.1) is 0 Å². The monoisotopic (exact) mass is 433 g/mol. The van der Waals surface area contributed by atoms with E-state index in [0.29, 0.717) is 17.3 Å². The van der Waals surface area contributed by atoms with Gasteiger partial charge in [0.2, 0.25) is 5.91 Å². The Labute approximate surface area is 187 Å². The van der Waals surface area contributed by atoms with Crippen LogP contribution < -0.4 is 20.7 Å². The molecule has 0 bridgehead atoms. The van der Waals surface area contributed by atoms with Crippen LogP contribution in [0.2, 0.25) is 0 Å². The highest BCUT2D eigenvalue weighted by molar-refractivity contribution is 5.95. The third kappa shape index (κ3) is 4.97. The summed E-state index contributed by atoms with van der Waals surface area (Å²) in [5.41, 5.74) is 3.23. The average Bonchev–Trinajstić information content (AvgIpc) is 3.35. The number of carbonyl (C=O) groups excluding carboxylic acids is 1. The molecule has 1 aromatic heterocycles. The first-order valence-electron chi connectivity index (χ1n) is 10.6. The fraction of sp³-hybridized carbons (Fsp3) is 0.292. The Morgan fingerprint density at radius 2 is 2.12 bits per heavy atom. The first kappa shape index (κ1) is 21.6. The molecule has 8 nitrogen and oxygen atoms in total. The number of aromatic hydroxyl groups is 1. The number of carbonyl (C=O) groups is 1. The number of hydrogen-bond acceptors (Lipinski definition) is 7. The molecule has 0 spiro atoms. The maximum Gasteiger partial charge on any atom is 0.241 e. The molecule has 2 unspecified atom stereocenters. The minimum absolute atomic E-state index is 0.00292. The van der Waals surface area contributed by atoms with Gasteiger partial charge in [-0.05, 0) is 62.2 Å². The summed E-state index contributed by atoms with van der Waals surface area (Å²) < 4.78 is 5.18. The van der Waals surface area contributed by atoms with Gasteiger partial charge in [0.15, 0.2) is 11.5 Å². The number of anilines is 2. The minimum atomic E-state index is -0.120. The fourth-order valence-corrected chi connectivity index (χ4v) is 3.74. The zero-order valence-corrected chi connectivity index (χ0v) is 18.1. The molecule has 0 aliphatic carbocycles. The highest BCUT2D eigenvalue weighted by atomic mass is 16.5. The molecule has 0 saturated carbocycles. The summed E-state index contributed by atoms with van der Waals surface area (Å²) in [6, 6.07) is 12.7. The van der Waals surface area contributed by atoms with Crippen molar-refractivity contribution in [2.24, 2.45) is 0 Å². The van der Waals surface area contributed by atoms with Crippen LogP contribution in [0.25, 0.3) is 11.3 Å². The first-order valence-corrected chi connectivity index (χ1v) is 10.6. The Morgan fingerprint density at radius 1 is 1.25 bits per heavy atom. The maximum atomic E-state index is 12.4. The lowest BCUT2D eigenvalue weighted by molar-refractivity contribution is -0.117. The van der Waals surface area contributed by atoms with E-state index in [-0.39, 0.29) is 23.7 Å². The molecule has 4 rings (SSSR count). The van der Waals surface area contributed by atoms with Crippen molar-refractivity contribution in [2.45, 2.75) is 31.8 Å². The quantitative estimate of drug-likeness (QED) is 0.450. The Kier molecular flexibility index (Phi) is 6.51. The lowest BCUT2D eigenvalue weighted by Gasteiger charge is -2.17. The largest absolute Gasteiger partial charge is 0.504 e. The number of ether oxygens (including phenoxy) is 1. The van der Waals surface area contributed by atoms with Gasteiger partial charge in [0.25, 0.3) is 0 Å². The smallest absolute Gasteiger partial charge is 0.241 e. The van der Waals surface area contributed by atoms with Crippen LogP contribution in [0.4, 0.5) is 11.5 Å². The normalized spacial score (nSPS) is 16.4. The van der Waals surface area contributed by atoms with E-state index in [1.54, 1.807) is 30.6 Å². The van der Waals surface area contributed by atoms with Crippen LogP contribution in [-0.4, -0.2) is 40.7 Å². The van der Waals surface area contributed by atoms with Gasteiger partial charge in [0, 0.05) is 11.3 Å². The lowest BCUT2D eigenvalue weighted by Crippen LogP contribution is -2.35.